The minimum absolute atomic E-state index is 0. The van der Waals surface area contributed by atoms with Gasteiger partial charge >= 0.3 is 0 Å². The lowest BCUT2D eigenvalue weighted by atomic mass is 10.1. The van der Waals surface area contributed by atoms with E-state index in [4.69, 9.17) is 0 Å². The monoisotopic (exact) mass is 373 g/mol. The molecule has 2 aromatic carbocycles. The molecule has 0 aliphatic rings. The summed E-state index contributed by atoms with van der Waals surface area (Å²) in [5, 5.41) is 11.9. The fourth-order valence-electron chi connectivity index (χ4n) is 2.74. The van der Waals surface area contributed by atoms with E-state index in [2.05, 4.69) is 0 Å². The zero-order chi connectivity index (χ0) is 18.2. The summed E-state index contributed by atoms with van der Waals surface area (Å²) in [4.78, 5) is 11.2. The molecule has 1 heterocycles. The second-order valence-electron chi connectivity index (χ2n) is 5.84. The third-order valence-electron chi connectivity index (χ3n) is 3.77. The van der Waals surface area contributed by atoms with E-state index in [9.17, 15) is 18.5 Å². The van der Waals surface area contributed by atoms with Crippen LogP contribution in [0.4, 0.5) is 5.69 Å². The second kappa shape index (κ2) is 7.11. The highest BCUT2D eigenvalue weighted by Crippen LogP contribution is 2.33. The highest BCUT2D eigenvalue weighted by atomic mass is 32.2. The number of allylic oxidation sites excluding steroid dienone is 1. The van der Waals surface area contributed by atoms with Gasteiger partial charge in [0.15, 0.2) is 0 Å². The molecular weight excluding hydrogens is 354 g/mol. The summed E-state index contributed by atoms with van der Waals surface area (Å²) in [6.45, 7) is 3.69. The van der Waals surface area contributed by atoms with Crippen LogP contribution in [0.25, 0.3) is 17.0 Å². The van der Waals surface area contributed by atoms with E-state index in [1.54, 1.807) is 36.4 Å². The van der Waals surface area contributed by atoms with Gasteiger partial charge in [-0.1, -0.05) is 23.8 Å². The molecule has 1 aromatic heterocycles. The van der Waals surface area contributed by atoms with Crippen LogP contribution in [0.2, 0.25) is 0 Å². The molecule has 3 N–H and O–H groups in total. The van der Waals surface area contributed by atoms with Crippen LogP contribution in [-0.2, 0) is 10.0 Å². The van der Waals surface area contributed by atoms with Crippen LogP contribution in [0.3, 0.4) is 0 Å². The summed E-state index contributed by atoms with van der Waals surface area (Å²) in [6.07, 6.45) is 3.06. The molecule has 0 unspecified atom stereocenters. The van der Waals surface area contributed by atoms with E-state index < -0.39 is 14.9 Å². The molecule has 8 heteroatoms. The van der Waals surface area contributed by atoms with Crippen LogP contribution in [0.5, 0.6) is 0 Å². The van der Waals surface area contributed by atoms with Gasteiger partial charge in [-0.25, -0.2) is 12.4 Å². The Balaban J connectivity index is 0.00000243. The minimum Gasteiger partial charge on any atom is -0.344 e. The first-order chi connectivity index (χ1) is 11.8. The van der Waals surface area contributed by atoms with Crippen molar-refractivity contribution < 1.29 is 13.3 Å². The molecule has 0 atom stereocenters. The number of hydrogen-bond acceptors (Lipinski definition) is 5. The minimum atomic E-state index is -3.82. The fraction of sp³-hybridized carbons (Fsp3) is 0.111. The molecule has 0 aliphatic carbocycles. The largest absolute Gasteiger partial charge is 0.344 e. The lowest BCUT2D eigenvalue weighted by molar-refractivity contribution is -0.383. The summed E-state index contributed by atoms with van der Waals surface area (Å²) in [5.41, 5.74) is 1.55. The first kappa shape index (κ1) is 19.4. The van der Waals surface area contributed by atoms with E-state index in [1.165, 1.54) is 24.4 Å². The van der Waals surface area contributed by atoms with Gasteiger partial charge in [0.05, 0.1) is 26.3 Å². The summed E-state index contributed by atoms with van der Waals surface area (Å²) in [5.74, 6) is 0. The number of hydrogen-bond donors (Lipinski definition) is 1. The van der Waals surface area contributed by atoms with Crippen molar-refractivity contribution in [3.05, 3.63) is 76.0 Å². The summed E-state index contributed by atoms with van der Waals surface area (Å²) >= 11 is 0. The number of nitro groups is 1. The van der Waals surface area contributed by atoms with Crippen LogP contribution in [-0.4, -0.2) is 17.3 Å². The van der Waals surface area contributed by atoms with Crippen molar-refractivity contribution >= 4 is 32.7 Å². The Kier molecular flexibility index (Phi) is 5.29. The van der Waals surface area contributed by atoms with Crippen molar-refractivity contribution in [2.45, 2.75) is 18.7 Å². The SMILES string of the molecule is CC(C)=Cc1ccc2c(ccn2S(=O)(=O)c2ccccc2)c1[N+](=O)[O-].N. The van der Waals surface area contributed by atoms with Crippen molar-refractivity contribution in [1.82, 2.24) is 10.1 Å². The predicted octanol–water partition coefficient (Wildman–Crippen LogP) is 4.37. The van der Waals surface area contributed by atoms with E-state index in [0.717, 1.165) is 9.55 Å². The Hall–Kier alpha value is -2.97. The number of fused-ring (bicyclic) bond motifs is 1. The summed E-state index contributed by atoms with van der Waals surface area (Å²) in [6, 6.07) is 12.6. The van der Waals surface area contributed by atoms with Gasteiger partial charge in [-0.3, -0.25) is 10.1 Å². The molecule has 26 heavy (non-hydrogen) atoms. The number of benzene rings is 2. The van der Waals surface area contributed by atoms with Gasteiger partial charge in [-0.15, -0.1) is 0 Å². The predicted molar refractivity (Wildman–Crippen MR) is 102 cm³/mol. The Labute approximate surface area is 151 Å². The third kappa shape index (κ3) is 3.24. The zero-order valence-corrected chi connectivity index (χ0v) is 15.2. The van der Waals surface area contributed by atoms with E-state index in [1.807, 2.05) is 13.8 Å². The molecular formula is C18H19N3O4S. The molecule has 0 fully saturated rings. The Morgan fingerprint density at radius 1 is 1.08 bits per heavy atom. The average molecular weight is 373 g/mol. The van der Waals surface area contributed by atoms with Crippen molar-refractivity contribution in [3.8, 4) is 0 Å². The van der Waals surface area contributed by atoms with Crippen LogP contribution in [0, 0.1) is 10.1 Å². The van der Waals surface area contributed by atoms with Gasteiger partial charge in [-0.2, -0.15) is 0 Å². The number of nitrogens with zero attached hydrogens (tertiary/aromatic N) is 2. The van der Waals surface area contributed by atoms with Gasteiger partial charge < -0.3 is 6.15 Å². The van der Waals surface area contributed by atoms with Crippen LogP contribution < -0.4 is 6.15 Å². The maximum Gasteiger partial charge on any atom is 0.285 e. The molecule has 0 radical (unpaired) electrons. The first-order valence-electron chi connectivity index (χ1n) is 7.56. The topological polar surface area (TPSA) is 117 Å². The van der Waals surface area contributed by atoms with Gasteiger partial charge in [0.25, 0.3) is 15.7 Å². The van der Waals surface area contributed by atoms with Gasteiger partial charge in [0, 0.05) is 6.20 Å². The van der Waals surface area contributed by atoms with E-state index in [0.29, 0.717) is 10.9 Å². The van der Waals surface area contributed by atoms with Crippen molar-refractivity contribution in [2.24, 2.45) is 0 Å². The zero-order valence-electron chi connectivity index (χ0n) is 14.4. The lowest BCUT2D eigenvalue weighted by Crippen LogP contribution is -2.11. The fourth-order valence-corrected chi connectivity index (χ4v) is 4.11. The van der Waals surface area contributed by atoms with Crippen molar-refractivity contribution in [2.75, 3.05) is 0 Å². The quantitative estimate of drug-likeness (QED) is 0.538. The van der Waals surface area contributed by atoms with Crippen LogP contribution in [0.15, 0.2) is 65.2 Å². The Morgan fingerprint density at radius 2 is 1.73 bits per heavy atom. The van der Waals surface area contributed by atoms with E-state index >= 15 is 0 Å². The number of nitro benzene ring substituents is 1. The standard InChI is InChI=1S/C18H16N2O4S.H3N/c1-13(2)12-14-8-9-17-16(18(14)20(21)22)10-11-19(17)25(23,24)15-6-4-3-5-7-15;/h3-12H,1-2H3;1H3. The smallest absolute Gasteiger partial charge is 0.285 e. The highest BCUT2D eigenvalue weighted by Gasteiger charge is 2.24. The van der Waals surface area contributed by atoms with Gasteiger partial charge in [-0.05, 0) is 50.3 Å². The van der Waals surface area contributed by atoms with Crippen molar-refractivity contribution in [1.29, 1.82) is 0 Å². The maximum absolute atomic E-state index is 12.8. The summed E-state index contributed by atoms with van der Waals surface area (Å²) < 4.78 is 26.7. The van der Waals surface area contributed by atoms with Crippen LogP contribution >= 0.6 is 0 Å². The normalized spacial score (nSPS) is 11.0. The summed E-state index contributed by atoms with van der Waals surface area (Å²) in [7, 11) is -3.82. The van der Waals surface area contributed by atoms with Gasteiger partial charge in [0.2, 0.25) is 0 Å². The third-order valence-corrected chi connectivity index (χ3v) is 5.47. The van der Waals surface area contributed by atoms with Gasteiger partial charge in [0.1, 0.15) is 0 Å². The molecule has 0 spiro atoms. The molecule has 7 nitrogen and oxygen atoms in total. The highest BCUT2D eigenvalue weighted by molar-refractivity contribution is 7.90. The average Bonchev–Trinajstić information content (AvgIpc) is 2.99. The number of rotatable bonds is 4. The first-order valence-corrected chi connectivity index (χ1v) is 9.00. The molecule has 136 valence electrons. The molecule has 0 saturated heterocycles. The number of aromatic nitrogens is 1. The van der Waals surface area contributed by atoms with Crippen LogP contribution in [0.1, 0.15) is 19.4 Å². The second-order valence-corrected chi connectivity index (χ2v) is 7.66. The Morgan fingerprint density at radius 3 is 2.31 bits per heavy atom. The molecule has 3 aromatic rings. The molecule has 0 aliphatic heterocycles. The van der Waals surface area contributed by atoms with E-state index in [-0.39, 0.29) is 22.3 Å². The maximum atomic E-state index is 12.8. The van der Waals surface area contributed by atoms with Crippen molar-refractivity contribution in [3.63, 3.8) is 0 Å². The molecule has 0 saturated carbocycles. The molecule has 0 amide bonds. The molecule has 0 bridgehead atoms. The lowest BCUT2D eigenvalue weighted by Gasteiger charge is -2.08. The molecule has 3 rings (SSSR count). The Bertz CT molecular complexity index is 1100.